The van der Waals surface area contributed by atoms with Gasteiger partial charge in [-0.05, 0) is 13.8 Å². The topological polar surface area (TPSA) is 50.2 Å². The summed E-state index contributed by atoms with van der Waals surface area (Å²) in [6.07, 6.45) is 5.89. The number of rotatable bonds is 8. The molecule has 0 aliphatic carbocycles. The minimum Gasteiger partial charge on any atom is -0.343 e. The normalized spacial score (nSPS) is 10.3. The average molecular weight is 250 g/mol. The summed E-state index contributed by atoms with van der Waals surface area (Å²) in [4.78, 5) is 13.6. The lowest BCUT2D eigenvalue weighted by Crippen LogP contribution is -2.32. The van der Waals surface area contributed by atoms with Crippen molar-refractivity contribution in [3.63, 3.8) is 0 Å². The monoisotopic (exact) mass is 250 g/mol. The molecule has 5 nitrogen and oxygen atoms in total. The maximum absolute atomic E-state index is 11.7. The predicted molar refractivity (Wildman–Crippen MR) is 72.9 cm³/mol. The van der Waals surface area contributed by atoms with E-state index in [0.717, 1.165) is 25.2 Å². The van der Waals surface area contributed by atoms with Crippen LogP contribution >= 0.6 is 0 Å². The SMILES string of the molecule is C=Cn1cc(CNCCC(=O)N(CC)CC)cn1. The molecule has 18 heavy (non-hydrogen) atoms. The second kappa shape index (κ2) is 7.66. The van der Waals surface area contributed by atoms with Crippen LogP contribution in [-0.2, 0) is 11.3 Å². The Morgan fingerprint density at radius 3 is 2.83 bits per heavy atom. The minimum atomic E-state index is 0.203. The molecule has 1 aromatic rings. The highest BCUT2D eigenvalue weighted by Crippen LogP contribution is 1.98. The molecule has 0 saturated heterocycles. The van der Waals surface area contributed by atoms with Crippen LogP contribution in [0.25, 0.3) is 6.20 Å². The van der Waals surface area contributed by atoms with Crippen molar-refractivity contribution in [2.75, 3.05) is 19.6 Å². The van der Waals surface area contributed by atoms with Crippen molar-refractivity contribution >= 4 is 12.1 Å². The van der Waals surface area contributed by atoms with E-state index in [-0.39, 0.29) is 5.91 Å². The highest BCUT2D eigenvalue weighted by molar-refractivity contribution is 5.76. The van der Waals surface area contributed by atoms with Gasteiger partial charge >= 0.3 is 0 Å². The first-order chi connectivity index (χ1) is 8.71. The van der Waals surface area contributed by atoms with Gasteiger partial charge in [-0.25, -0.2) is 4.68 Å². The molecule has 0 atom stereocenters. The molecule has 1 N–H and O–H groups in total. The van der Waals surface area contributed by atoms with Crippen molar-refractivity contribution in [2.24, 2.45) is 0 Å². The number of aromatic nitrogens is 2. The van der Waals surface area contributed by atoms with Crippen molar-refractivity contribution in [2.45, 2.75) is 26.8 Å². The summed E-state index contributed by atoms with van der Waals surface area (Å²) in [5.41, 5.74) is 1.09. The van der Waals surface area contributed by atoms with Crippen LogP contribution in [0.1, 0.15) is 25.8 Å². The first-order valence-corrected chi connectivity index (χ1v) is 6.35. The number of nitrogens with zero attached hydrogens (tertiary/aromatic N) is 3. The fourth-order valence-electron chi connectivity index (χ4n) is 1.73. The fraction of sp³-hybridized carbons (Fsp3) is 0.538. The zero-order valence-corrected chi connectivity index (χ0v) is 11.2. The lowest BCUT2D eigenvalue weighted by atomic mass is 10.3. The van der Waals surface area contributed by atoms with E-state index in [9.17, 15) is 4.79 Å². The number of amides is 1. The quantitative estimate of drug-likeness (QED) is 0.708. The third-order valence-electron chi connectivity index (χ3n) is 2.80. The van der Waals surface area contributed by atoms with Crippen LogP contribution in [-0.4, -0.2) is 40.2 Å². The Bertz CT molecular complexity index is 382. The van der Waals surface area contributed by atoms with E-state index in [2.05, 4.69) is 17.0 Å². The van der Waals surface area contributed by atoms with Gasteiger partial charge in [-0.15, -0.1) is 0 Å². The molecule has 5 heteroatoms. The van der Waals surface area contributed by atoms with Gasteiger partial charge in [-0.1, -0.05) is 6.58 Å². The molecule has 0 unspecified atom stereocenters. The van der Waals surface area contributed by atoms with Gasteiger partial charge in [0.1, 0.15) is 0 Å². The number of carbonyl (C=O) groups excluding carboxylic acids is 1. The molecule has 0 radical (unpaired) electrons. The highest BCUT2D eigenvalue weighted by atomic mass is 16.2. The second-order valence-corrected chi connectivity index (χ2v) is 4.00. The number of hydrogen-bond acceptors (Lipinski definition) is 3. The maximum atomic E-state index is 11.7. The Hall–Kier alpha value is -1.62. The van der Waals surface area contributed by atoms with E-state index in [0.29, 0.717) is 13.0 Å². The second-order valence-electron chi connectivity index (χ2n) is 4.00. The Kier molecular flexibility index (Phi) is 6.14. The van der Waals surface area contributed by atoms with Crippen molar-refractivity contribution < 1.29 is 4.79 Å². The van der Waals surface area contributed by atoms with Gasteiger partial charge in [0, 0.05) is 50.6 Å². The van der Waals surface area contributed by atoms with Crippen LogP contribution in [0.3, 0.4) is 0 Å². The molecule has 0 fully saturated rings. The number of hydrogen-bond donors (Lipinski definition) is 1. The van der Waals surface area contributed by atoms with Crippen LogP contribution < -0.4 is 5.32 Å². The Morgan fingerprint density at radius 1 is 1.56 bits per heavy atom. The van der Waals surface area contributed by atoms with Gasteiger partial charge in [0.05, 0.1) is 6.20 Å². The average Bonchev–Trinajstić information content (AvgIpc) is 2.84. The highest BCUT2D eigenvalue weighted by Gasteiger charge is 2.08. The molecule has 0 aliphatic rings. The first-order valence-electron chi connectivity index (χ1n) is 6.35. The molecule has 100 valence electrons. The first kappa shape index (κ1) is 14.4. The van der Waals surface area contributed by atoms with E-state index in [4.69, 9.17) is 0 Å². The van der Waals surface area contributed by atoms with Gasteiger partial charge in [-0.2, -0.15) is 5.10 Å². The molecule has 0 aromatic carbocycles. The van der Waals surface area contributed by atoms with E-state index in [1.54, 1.807) is 17.1 Å². The zero-order valence-electron chi connectivity index (χ0n) is 11.2. The zero-order chi connectivity index (χ0) is 13.4. The molecule has 1 heterocycles. The summed E-state index contributed by atoms with van der Waals surface area (Å²) in [6, 6.07) is 0. The van der Waals surface area contributed by atoms with Crippen LogP contribution in [0, 0.1) is 0 Å². The third-order valence-corrected chi connectivity index (χ3v) is 2.80. The summed E-state index contributed by atoms with van der Waals surface area (Å²) < 4.78 is 1.66. The van der Waals surface area contributed by atoms with Crippen LogP contribution in [0.5, 0.6) is 0 Å². The standard InChI is InChI=1S/C13H22N4O/c1-4-16(5-2)13(18)7-8-14-9-12-10-15-17(6-3)11-12/h6,10-11,14H,3-5,7-9H2,1-2H3. The van der Waals surface area contributed by atoms with Crippen molar-refractivity contribution in [1.29, 1.82) is 0 Å². The largest absolute Gasteiger partial charge is 0.343 e. The van der Waals surface area contributed by atoms with Gasteiger partial charge in [-0.3, -0.25) is 4.79 Å². The Morgan fingerprint density at radius 2 is 2.28 bits per heavy atom. The van der Waals surface area contributed by atoms with Gasteiger partial charge < -0.3 is 10.2 Å². The Labute approximate surface area is 108 Å². The molecular weight excluding hydrogens is 228 g/mol. The summed E-state index contributed by atoms with van der Waals surface area (Å²) in [5, 5.41) is 7.32. The van der Waals surface area contributed by atoms with Crippen molar-refractivity contribution in [3.8, 4) is 0 Å². The molecular formula is C13H22N4O. The molecule has 0 saturated carbocycles. The summed E-state index contributed by atoms with van der Waals surface area (Å²) >= 11 is 0. The van der Waals surface area contributed by atoms with Crippen molar-refractivity contribution in [1.82, 2.24) is 20.0 Å². The molecule has 1 rings (SSSR count). The minimum absolute atomic E-state index is 0.203. The summed E-state index contributed by atoms with van der Waals surface area (Å²) in [6.45, 7) is 10.6. The van der Waals surface area contributed by atoms with Gasteiger partial charge in [0.15, 0.2) is 0 Å². The van der Waals surface area contributed by atoms with E-state index in [1.807, 2.05) is 24.9 Å². The number of carbonyl (C=O) groups is 1. The fourth-order valence-corrected chi connectivity index (χ4v) is 1.73. The molecule has 0 bridgehead atoms. The van der Waals surface area contributed by atoms with Gasteiger partial charge in [0.25, 0.3) is 0 Å². The van der Waals surface area contributed by atoms with E-state index in [1.165, 1.54) is 0 Å². The van der Waals surface area contributed by atoms with E-state index >= 15 is 0 Å². The smallest absolute Gasteiger partial charge is 0.223 e. The molecule has 1 amide bonds. The maximum Gasteiger partial charge on any atom is 0.223 e. The van der Waals surface area contributed by atoms with E-state index < -0.39 is 0 Å². The summed E-state index contributed by atoms with van der Waals surface area (Å²) in [7, 11) is 0. The molecule has 1 aromatic heterocycles. The van der Waals surface area contributed by atoms with Gasteiger partial charge in [0.2, 0.25) is 5.91 Å². The predicted octanol–water partition coefficient (Wildman–Crippen LogP) is 1.33. The lowest BCUT2D eigenvalue weighted by molar-refractivity contribution is -0.130. The lowest BCUT2D eigenvalue weighted by Gasteiger charge is -2.18. The summed E-state index contributed by atoms with van der Waals surface area (Å²) in [5.74, 6) is 0.203. The number of nitrogens with one attached hydrogen (secondary N) is 1. The van der Waals surface area contributed by atoms with Crippen molar-refractivity contribution in [3.05, 3.63) is 24.5 Å². The van der Waals surface area contributed by atoms with Crippen LogP contribution in [0.15, 0.2) is 19.0 Å². The van der Waals surface area contributed by atoms with Crippen LogP contribution in [0.2, 0.25) is 0 Å². The molecule has 0 aliphatic heterocycles. The third kappa shape index (κ3) is 4.33. The Balaban J connectivity index is 2.22. The molecule has 0 spiro atoms. The van der Waals surface area contributed by atoms with Crippen LogP contribution in [0.4, 0.5) is 0 Å².